The number of esters is 1. The van der Waals surface area contributed by atoms with Gasteiger partial charge in [0.1, 0.15) is 18.8 Å². The van der Waals surface area contributed by atoms with E-state index in [-0.39, 0.29) is 30.3 Å². The van der Waals surface area contributed by atoms with Crippen molar-refractivity contribution in [2.24, 2.45) is 0 Å². The van der Waals surface area contributed by atoms with Gasteiger partial charge in [0, 0.05) is 6.54 Å². The van der Waals surface area contributed by atoms with E-state index in [0.717, 1.165) is 37.7 Å². The molecule has 1 aromatic rings. The summed E-state index contributed by atoms with van der Waals surface area (Å²) >= 11 is 0. The van der Waals surface area contributed by atoms with Gasteiger partial charge in [0.15, 0.2) is 0 Å². The maximum Gasteiger partial charge on any atom is 0.345 e. The van der Waals surface area contributed by atoms with Crippen molar-refractivity contribution in [1.29, 1.82) is 0 Å². The zero-order valence-electron chi connectivity index (χ0n) is 15.7. The highest BCUT2D eigenvalue weighted by Gasteiger charge is 2.48. The molecule has 1 aliphatic carbocycles. The van der Waals surface area contributed by atoms with Crippen LogP contribution in [-0.4, -0.2) is 46.7 Å². The van der Waals surface area contributed by atoms with E-state index in [0.29, 0.717) is 19.6 Å². The highest BCUT2D eigenvalue weighted by atomic mass is 16.7. The van der Waals surface area contributed by atoms with Crippen LogP contribution < -0.4 is 6.15 Å². The Morgan fingerprint density at radius 1 is 1.04 bits per heavy atom. The molecule has 1 aromatic carbocycles. The number of amides is 2. The van der Waals surface area contributed by atoms with Crippen molar-refractivity contribution < 1.29 is 19.2 Å². The highest BCUT2D eigenvalue weighted by molar-refractivity contribution is 5.85. The van der Waals surface area contributed by atoms with Gasteiger partial charge in [-0.1, -0.05) is 36.8 Å². The van der Waals surface area contributed by atoms with Gasteiger partial charge in [0.25, 0.3) is 0 Å². The summed E-state index contributed by atoms with van der Waals surface area (Å²) < 4.78 is 5.70. The molecule has 0 aromatic heterocycles. The Kier molecular flexibility index (Phi) is 6.34. The Bertz CT molecular complexity index is 648. The van der Waals surface area contributed by atoms with Crippen LogP contribution in [0.4, 0.5) is 4.79 Å². The van der Waals surface area contributed by atoms with Gasteiger partial charge in [-0.15, -0.1) is 0 Å². The number of piperidine rings is 1. The van der Waals surface area contributed by atoms with Crippen molar-refractivity contribution in [2.45, 2.75) is 69.7 Å². The quantitative estimate of drug-likeness (QED) is 0.796. The molecule has 0 unspecified atom stereocenters. The van der Waals surface area contributed by atoms with Crippen molar-refractivity contribution in [2.75, 3.05) is 6.54 Å². The predicted octanol–water partition coefficient (Wildman–Crippen LogP) is 3.42. The average molecular weight is 375 g/mol. The van der Waals surface area contributed by atoms with Crippen molar-refractivity contribution in [1.82, 2.24) is 16.1 Å². The Balaban J connectivity index is 0.00000210. The van der Waals surface area contributed by atoms with Gasteiger partial charge in [-0.05, 0) is 44.1 Å². The fraction of sp³-hybridized carbons (Fsp3) is 0.600. The molecular weight excluding hydrogens is 346 g/mol. The summed E-state index contributed by atoms with van der Waals surface area (Å²) in [6.45, 7) is 0.895. The Labute approximate surface area is 160 Å². The van der Waals surface area contributed by atoms with E-state index in [2.05, 4.69) is 0 Å². The van der Waals surface area contributed by atoms with E-state index in [4.69, 9.17) is 9.57 Å². The first-order valence-electron chi connectivity index (χ1n) is 9.69. The second-order valence-corrected chi connectivity index (χ2v) is 7.46. The second kappa shape index (κ2) is 8.71. The lowest BCUT2D eigenvalue weighted by Crippen LogP contribution is -2.46. The van der Waals surface area contributed by atoms with E-state index >= 15 is 0 Å². The van der Waals surface area contributed by atoms with E-state index in [1.165, 1.54) is 11.5 Å². The maximum absolute atomic E-state index is 12.7. The number of nitrogens with zero attached hydrogens (tertiary/aromatic N) is 2. The number of urea groups is 1. The van der Waals surface area contributed by atoms with Crippen LogP contribution >= 0.6 is 0 Å². The Morgan fingerprint density at radius 3 is 2.52 bits per heavy atom. The van der Waals surface area contributed by atoms with Crippen LogP contribution in [0.3, 0.4) is 0 Å². The number of hydrogen-bond acceptors (Lipinski definition) is 5. The molecule has 2 aliphatic heterocycles. The van der Waals surface area contributed by atoms with Gasteiger partial charge in [0.2, 0.25) is 0 Å². The molecule has 3 aliphatic rings. The zero-order chi connectivity index (χ0) is 17.9. The van der Waals surface area contributed by atoms with E-state index < -0.39 is 6.04 Å². The molecule has 7 heteroatoms. The molecule has 3 N–H and O–H groups in total. The van der Waals surface area contributed by atoms with E-state index in [9.17, 15) is 9.59 Å². The molecule has 2 heterocycles. The van der Waals surface area contributed by atoms with Gasteiger partial charge < -0.3 is 15.8 Å². The molecule has 2 bridgehead atoms. The summed E-state index contributed by atoms with van der Waals surface area (Å²) in [5.41, 5.74) is 1.02. The predicted molar refractivity (Wildman–Crippen MR) is 100.0 cm³/mol. The summed E-state index contributed by atoms with van der Waals surface area (Å²) in [5, 5.41) is 1.46. The standard InChI is InChI=1S/C20H26N2O4.H3N/c23-19(26-17-9-5-2-6-10-17)18-12-11-16-13-21(18)20(24)22(16)25-14-15-7-3-1-4-8-15;/h1,3-4,7-8,16-18H,2,5-6,9-14H2;1H3/t16-,18+;/m1./s1. The second-order valence-electron chi connectivity index (χ2n) is 7.46. The number of hydroxylamine groups is 2. The molecule has 7 nitrogen and oxygen atoms in total. The van der Waals surface area contributed by atoms with Crippen molar-refractivity contribution in [3.05, 3.63) is 35.9 Å². The molecule has 3 fully saturated rings. The van der Waals surface area contributed by atoms with E-state index in [1.54, 1.807) is 4.90 Å². The molecule has 2 saturated heterocycles. The van der Waals surface area contributed by atoms with Crippen LogP contribution in [0, 0.1) is 0 Å². The molecule has 2 amide bonds. The van der Waals surface area contributed by atoms with E-state index in [1.807, 2.05) is 30.3 Å². The lowest BCUT2D eigenvalue weighted by Gasteiger charge is -2.31. The number of rotatable bonds is 5. The first-order valence-corrected chi connectivity index (χ1v) is 9.69. The lowest BCUT2D eigenvalue weighted by atomic mass is 9.97. The number of ether oxygens (including phenoxy) is 1. The summed E-state index contributed by atoms with van der Waals surface area (Å²) in [5.74, 6) is -0.242. The molecule has 0 spiro atoms. The SMILES string of the molecule is N.O=C(OC1CCCCC1)[C@@H]1CC[C@@H]2CN1C(=O)N2OCc1ccccc1. The molecular formula is C20H29N3O4. The number of fused-ring (bicyclic) bond motifs is 2. The average Bonchev–Trinajstić information content (AvgIpc) is 2.92. The third-order valence-corrected chi connectivity index (χ3v) is 5.64. The van der Waals surface area contributed by atoms with Crippen LogP contribution in [-0.2, 0) is 21.0 Å². The van der Waals surface area contributed by atoms with Gasteiger partial charge in [-0.3, -0.25) is 4.84 Å². The third-order valence-electron chi connectivity index (χ3n) is 5.64. The van der Waals surface area contributed by atoms with Crippen LogP contribution in [0.25, 0.3) is 0 Å². The first-order chi connectivity index (χ1) is 12.7. The third kappa shape index (κ3) is 4.25. The van der Waals surface area contributed by atoms with Gasteiger partial charge in [0.05, 0.1) is 6.04 Å². The summed E-state index contributed by atoms with van der Waals surface area (Å²) in [6.07, 6.45) is 6.79. The van der Waals surface area contributed by atoms with Crippen LogP contribution in [0.5, 0.6) is 0 Å². The molecule has 1 saturated carbocycles. The van der Waals surface area contributed by atoms with Crippen molar-refractivity contribution in [3.63, 3.8) is 0 Å². The minimum Gasteiger partial charge on any atom is -0.461 e. The van der Waals surface area contributed by atoms with Gasteiger partial charge in [-0.25, -0.2) is 9.59 Å². The Hall–Kier alpha value is -2.12. The summed E-state index contributed by atoms with van der Waals surface area (Å²) in [6, 6.07) is 9.12. The molecule has 0 radical (unpaired) electrons. The Morgan fingerprint density at radius 2 is 1.78 bits per heavy atom. The number of hydrogen-bond donors (Lipinski definition) is 1. The van der Waals surface area contributed by atoms with Gasteiger partial charge in [-0.2, -0.15) is 5.06 Å². The normalized spacial score (nSPS) is 25.3. The zero-order valence-corrected chi connectivity index (χ0v) is 15.7. The van der Waals surface area contributed by atoms with Crippen LogP contribution in [0.1, 0.15) is 50.5 Å². The van der Waals surface area contributed by atoms with Crippen molar-refractivity contribution >= 4 is 12.0 Å². The summed E-state index contributed by atoms with van der Waals surface area (Å²) in [4.78, 5) is 32.8. The summed E-state index contributed by atoms with van der Waals surface area (Å²) in [7, 11) is 0. The molecule has 2 atom stereocenters. The number of carbonyl (C=O) groups is 2. The first kappa shape index (κ1) is 19.6. The van der Waals surface area contributed by atoms with Gasteiger partial charge >= 0.3 is 12.0 Å². The molecule has 4 rings (SSSR count). The largest absolute Gasteiger partial charge is 0.461 e. The fourth-order valence-corrected chi connectivity index (χ4v) is 4.19. The minimum atomic E-state index is -0.467. The monoisotopic (exact) mass is 375 g/mol. The van der Waals surface area contributed by atoms with Crippen LogP contribution in [0.2, 0.25) is 0 Å². The van der Waals surface area contributed by atoms with Crippen molar-refractivity contribution in [3.8, 4) is 0 Å². The smallest absolute Gasteiger partial charge is 0.345 e. The minimum absolute atomic E-state index is 0. The number of benzene rings is 1. The number of carbonyl (C=O) groups excluding carboxylic acids is 2. The molecule has 27 heavy (non-hydrogen) atoms. The highest BCUT2D eigenvalue weighted by Crippen LogP contribution is 2.32. The van der Waals surface area contributed by atoms with Crippen LogP contribution in [0.15, 0.2) is 30.3 Å². The lowest BCUT2D eigenvalue weighted by molar-refractivity contribution is -0.156. The molecule has 148 valence electrons. The topological polar surface area (TPSA) is 94.1 Å². The maximum atomic E-state index is 12.7. The fourth-order valence-electron chi connectivity index (χ4n) is 4.19.